The molecule has 0 fully saturated rings. The number of halogens is 1. The van der Waals surface area contributed by atoms with Gasteiger partial charge in [0.1, 0.15) is 5.75 Å². The number of hydrogen-bond donors (Lipinski definition) is 2. The summed E-state index contributed by atoms with van der Waals surface area (Å²) in [5.74, 6) is -1.27. The molecule has 1 aromatic carbocycles. The molecule has 0 bridgehead atoms. The van der Waals surface area contributed by atoms with Gasteiger partial charge in [-0.2, -0.15) is 0 Å². The lowest BCUT2D eigenvalue weighted by Gasteiger charge is -2.07. The molecule has 90 valence electrons. The maximum absolute atomic E-state index is 10.6. The van der Waals surface area contributed by atoms with Crippen LogP contribution in [0.1, 0.15) is 5.56 Å². The summed E-state index contributed by atoms with van der Waals surface area (Å²) in [7, 11) is 0. The van der Waals surface area contributed by atoms with Crippen LogP contribution in [-0.2, 0) is 9.59 Å². The first-order chi connectivity index (χ1) is 7.99. The van der Waals surface area contributed by atoms with Crippen LogP contribution in [0.3, 0.4) is 0 Å². The lowest BCUT2D eigenvalue weighted by molar-refractivity contribution is -0.131. The Hall–Kier alpha value is -1.82. The third-order valence-electron chi connectivity index (χ3n) is 1.75. The third-order valence-corrected chi connectivity index (χ3v) is 2.24. The Balaban J connectivity index is 2.95. The molecule has 0 aromatic heterocycles. The summed E-state index contributed by atoms with van der Waals surface area (Å²) in [6.07, 6.45) is 2.36. The molecule has 0 aliphatic heterocycles. The van der Waals surface area contributed by atoms with Crippen LogP contribution >= 0.6 is 15.9 Å². The third kappa shape index (κ3) is 4.69. The first kappa shape index (κ1) is 13.2. The van der Waals surface area contributed by atoms with Crippen molar-refractivity contribution >= 4 is 33.9 Å². The minimum Gasteiger partial charge on any atom is -0.483 e. The zero-order valence-corrected chi connectivity index (χ0v) is 10.3. The van der Waals surface area contributed by atoms with Crippen LogP contribution in [0, 0.1) is 0 Å². The molecule has 5 nitrogen and oxygen atoms in total. The monoisotopic (exact) mass is 299 g/mol. The van der Waals surface area contributed by atoms with Crippen LogP contribution < -0.4 is 10.5 Å². The number of aliphatic carboxylic acids is 1. The lowest BCUT2D eigenvalue weighted by atomic mass is 10.2. The Bertz CT molecular complexity index is 471. The molecule has 0 saturated carbocycles. The molecule has 0 heterocycles. The molecule has 1 aromatic rings. The smallest absolute Gasteiger partial charge is 0.328 e. The van der Waals surface area contributed by atoms with E-state index in [1.807, 2.05) is 0 Å². The number of ether oxygens (including phenoxy) is 1. The first-order valence-corrected chi connectivity index (χ1v) is 5.40. The molecule has 0 radical (unpaired) electrons. The van der Waals surface area contributed by atoms with Crippen LogP contribution in [0.5, 0.6) is 5.75 Å². The molecular formula is C11H10BrNO4. The van der Waals surface area contributed by atoms with Crippen molar-refractivity contribution in [2.45, 2.75) is 0 Å². The van der Waals surface area contributed by atoms with Crippen LogP contribution in [0.2, 0.25) is 0 Å². The molecule has 3 N–H and O–H groups in total. The number of hydrogen-bond acceptors (Lipinski definition) is 3. The highest BCUT2D eigenvalue weighted by atomic mass is 79.9. The van der Waals surface area contributed by atoms with Crippen molar-refractivity contribution in [3.8, 4) is 5.75 Å². The number of rotatable bonds is 5. The Morgan fingerprint density at radius 3 is 2.76 bits per heavy atom. The highest BCUT2D eigenvalue weighted by molar-refractivity contribution is 9.10. The van der Waals surface area contributed by atoms with Crippen LogP contribution in [-0.4, -0.2) is 23.6 Å². The summed E-state index contributed by atoms with van der Waals surface area (Å²) >= 11 is 3.25. The standard InChI is InChI=1S/C11H10BrNO4/c12-8-2-3-9(17-6-10(13)14)7(5-8)1-4-11(15)16/h1-5H,6H2,(H2,13,14)(H,15,16)/b4-1+. The fourth-order valence-electron chi connectivity index (χ4n) is 1.09. The van der Waals surface area contributed by atoms with E-state index >= 15 is 0 Å². The lowest BCUT2D eigenvalue weighted by Crippen LogP contribution is -2.20. The Morgan fingerprint density at radius 2 is 2.18 bits per heavy atom. The van der Waals surface area contributed by atoms with E-state index in [-0.39, 0.29) is 6.61 Å². The van der Waals surface area contributed by atoms with Crippen molar-refractivity contribution in [2.75, 3.05) is 6.61 Å². The zero-order valence-electron chi connectivity index (χ0n) is 8.72. The van der Waals surface area contributed by atoms with Crippen LogP contribution in [0.25, 0.3) is 6.08 Å². The number of carboxylic acid groups (broad SMARTS) is 1. The van der Waals surface area contributed by atoms with Crippen molar-refractivity contribution in [1.29, 1.82) is 0 Å². The number of carboxylic acids is 1. The van der Waals surface area contributed by atoms with Gasteiger partial charge in [0, 0.05) is 16.1 Å². The Morgan fingerprint density at radius 1 is 1.47 bits per heavy atom. The van der Waals surface area contributed by atoms with Gasteiger partial charge < -0.3 is 15.6 Å². The summed E-state index contributed by atoms with van der Waals surface area (Å²) in [6.45, 7) is -0.254. The maximum Gasteiger partial charge on any atom is 0.328 e. The summed E-state index contributed by atoms with van der Waals surface area (Å²) in [5.41, 5.74) is 5.50. The van der Waals surface area contributed by atoms with E-state index in [1.165, 1.54) is 6.08 Å². The van der Waals surface area contributed by atoms with Gasteiger partial charge in [0.2, 0.25) is 0 Å². The minimum absolute atomic E-state index is 0.254. The largest absolute Gasteiger partial charge is 0.483 e. The first-order valence-electron chi connectivity index (χ1n) is 4.60. The fraction of sp³-hybridized carbons (Fsp3) is 0.0909. The van der Waals surface area contributed by atoms with E-state index in [1.54, 1.807) is 18.2 Å². The molecule has 0 aliphatic carbocycles. The number of nitrogens with two attached hydrogens (primary N) is 1. The normalized spacial score (nSPS) is 10.4. The van der Waals surface area contributed by atoms with Gasteiger partial charge in [0.05, 0.1) is 0 Å². The van der Waals surface area contributed by atoms with Gasteiger partial charge in [-0.15, -0.1) is 0 Å². The van der Waals surface area contributed by atoms with Gasteiger partial charge in [0.25, 0.3) is 5.91 Å². The number of amides is 1. The molecule has 1 amide bonds. The van der Waals surface area contributed by atoms with E-state index in [0.29, 0.717) is 11.3 Å². The second-order valence-corrected chi connectivity index (χ2v) is 4.02. The Kier molecular flexibility index (Phi) is 4.71. The van der Waals surface area contributed by atoms with Crippen molar-refractivity contribution in [3.63, 3.8) is 0 Å². The summed E-state index contributed by atoms with van der Waals surface area (Å²) < 4.78 is 5.92. The van der Waals surface area contributed by atoms with Crippen molar-refractivity contribution in [2.24, 2.45) is 5.73 Å². The van der Waals surface area contributed by atoms with Gasteiger partial charge in [-0.3, -0.25) is 4.79 Å². The highest BCUT2D eigenvalue weighted by Crippen LogP contribution is 2.24. The van der Waals surface area contributed by atoms with Crippen molar-refractivity contribution in [3.05, 3.63) is 34.3 Å². The Labute approximate surface area is 106 Å². The predicted molar refractivity (Wildman–Crippen MR) is 65.5 cm³/mol. The molecule has 0 aliphatic rings. The van der Waals surface area contributed by atoms with Crippen LogP contribution in [0.4, 0.5) is 0 Å². The number of benzene rings is 1. The second kappa shape index (κ2) is 6.05. The summed E-state index contributed by atoms with van der Waals surface area (Å²) in [6, 6.07) is 5.01. The van der Waals surface area contributed by atoms with E-state index in [0.717, 1.165) is 10.5 Å². The molecule has 17 heavy (non-hydrogen) atoms. The topological polar surface area (TPSA) is 89.6 Å². The van der Waals surface area contributed by atoms with Gasteiger partial charge in [-0.05, 0) is 24.3 Å². The van der Waals surface area contributed by atoms with Crippen molar-refractivity contribution in [1.82, 2.24) is 0 Å². The van der Waals surface area contributed by atoms with Gasteiger partial charge in [-0.25, -0.2) is 4.79 Å². The van der Waals surface area contributed by atoms with Crippen LogP contribution in [0.15, 0.2) is 28.7 Å². The fourth-order valence-corrected chi connectivity index (χ4v) is 1.47. The molecule has 1 rings (SSSR count). The quantitative estimate of drug-likeness (QED) is 0.805. The SMILES string of the molecule is NC(=O)COc1ccc(Br)cc1/C=C/C(=O)O. The van der Waals surface area contributed by atoms with Gasteiger partial charge in [0.15, 0.2) is 6.61 Å². The van der Waals surface area contributed by atoms with E-state index in [9.17, 15) is 9.59 Å². The van der Waals surface area contributed by atoms with E-state index < -0.39 is 11.9 Å². The highest BCUT2D eigenvalue weighted by Gasteiger charge is 2.04. The molecule has 0 unspecified atom stereocenters. The second-order valence-electron chi connectivity index (χ2n) is 3.11. The molecule has 0 saturated heterocycles. The van der Waals surface area contributed by atoms with E-state index in [4.69, 9.17) is 15.6 Å². The summed E-state index contributed by atoms with van der Waals surface area (Å²) in [5, 5.41) is 8.54. The van der Waals surface area contributed by atoms with Gasteiger partial charge >= 0.3 is 5.97 Å². The molecule has 0 atom stereocenters. The maximum atomic E-state index is 10.6. The van der Waals surface area contributed by atoms with E-state index in [2.05, 4.69) is 15.9 Å². The average molecular weight is 300 g/mol. The zero-order chi connectivity index (χ0) is 12.8. The van der Waals surface area contributed by atoms with Gasteiger partial charge in [-0.1, -0.05) is 15.9 Å². The number of carbonyl (C=O) groups is 2. The predicted octanol–water partition coefficient (Wildman–Crippen LogP) is 1.41. The number of primary amides is 1. The minimum atomic E-state index is -1.06. The summed E-state index contributed by atoms with van der Waals surface area (Å²) in [4.78, 5) is 21.0. The number of carbonyl (C=O) groups excluding carboxylic acids is 1. The molecular weight excluding hydrogens is 290 g/mol. The molecule has 0 spiro atoms. The average Bonchev–Trinajstić information content (AvgIpc) is 2.24. The van der Waals surface area contributed by atoms with Crippen molar-refractivity contribution < 1.29 is 19.4 Å². The molecule has 6 heteroatoms.